The second kappa shape index (κ2) is 15.4. The largest absolute Gasteiger partial charge is 0.508 e. The Kier molecular flexibility index (Phi) is 12.5. The number of hydroxylamine groups is 1. The predicted molar refractivity (Wildman–Crippen MR) is 137 cm³/mol. The molecule has 0 saturated heterocycles. The van der Waals surface area contributed by atoms with Crippen molar-refractivity contribution in [2.45, 2.75) is 38.9 Å². The highest BCUT2D eigenvalue weighted by Crippen LogP contribution is 2.17. The van der Waals surface area contributed by atoms with Crippen molar-refractivity contribution in [2.24, 2.45) is 16.1 Å². The van der Waals surface area contributed by atoms with Crippen molar-refractivity contribution in [2.75, 3.05) is 26.7 Å². The van der Waals surface area contributed by atoms with E-state index in [2.05, 4.69) is 34.4 Å². The van der Waals surface area contributed by atoms with E-state index in [1.165, 1.54) is 12.1 Å². The van der Waals surface area contributed by atoms with Crippen molar-refractivity contribution in [1.29, 1.82) is 0 Å². The van der Waals surface area contributed by atoms with Gasteiger partial charge in [0.25, 0.3) is 0 Å². The maximum Gasteiger partial charge on any atom is 0.185 e. The van der Waals surface area contributed by atoms with Crippen molar-refractivity contribution in [3.05, 3.63) is 71.3 Å². The minimum absolute atomic E-state index is 0.229. The topological polar surface area (TPSA) is 69.5 Å². The molecule has 6 nitrogen and oxygen atoms in total. The molecule has 0 unspecified atom stereocenters. The van der Waals surface area contributed by atoms with E-state index in [-0.39, 0.29) is 11.6 Å². The fourth-order valence-electron chi connectivity index (χ4n) is 2.99. The lowest BCUT2D eigenvalue weighted by molar-refractivity contribution is 0.0459. The fraction of sp³-hybridized carbons (Fsp3) is 0.440. The first kappa shape index (κ1) is 26.8. The van der Waals surface area contributed by atoms with Gasteiger partial charge in [0.05, 0.1) is 6.61 Å². The van der Waals surface area contributed by atoms with Gasteiger partial charge in [-0.25, -0.2) is 4.39 Å². The lowest BCUT2D eigenvalue weighted by atomic mass is 10.2. The zero-order valence-electron chi connectivity index (χ0n) is 19.7. The van der Waals surface area contributed by atoms with Crippen molar-refractivity contribution in [3.63, 3.8) is 0 Å². The summed E-state index contributed by atoms with van der Waals surface area (Å²) in [4.78, 5) is 7.55. The summed E-state index contributed by atoms with van der Waals surface area (Å²) in [5.74, 6) is 1.24. The Balaban J connectivity index is 1.73. The molecule has 0 heterocycles. The molecule has 0 spiro atoms. The zero-order chi connectivity index (χ0) is 23.9. The van der Waals surface area contributed by atoms with Gasteiger partial charge in [-0.05, 0) is 49.0 Å². The third-order valence-corrected chi connectivity index (χ3v) is 5.76. The predicted octanol–water partition coefficient (Wildman–Crippen LogP) is 5.62. The van der Waals surface area contributed by atoms with Gasteiger partial charge in [0.2, 0.25) is 0 Å². The molecule has 180 valence electrons. The minimum Gasteiger partial charge on any atom is -0.508 e. The van der Waals surface area contributed by atoms with Crippen LogP contribution in [0.4, 0.5) is 4.39 Å². The van der Waals surface area contributed by atoms with Crippen LogP contribution >= 0.6 is 11.8 Å². The molecule has 1 aliphatic carbocycles. The molecule has 1 aromatic rings. The molecule has 0 amide bonds. The Morgan fingerprint density at radius 3 is 2.88 bits per heavy atom. The highest BCUT2D eigenvalue weighted by Gasteiger charge is 2.10. The minimum atomic E-state index is -0.229. The van der Waals surface area contributed by atoms with Gasteiger partial charge in [-0.3, -0.25) is 0 Å². The summed E-state index contributed by atoms with van der Waals surface area (Å²) in [6.45, 7) is 6.19. The van der Waals surface area contributed by atoms with Crippen LogP contribution in [-0.2, 0) is 10.6 Å². The number of benzene rings is 1. The summed E-state index contributed by atoms with van der Waals surface area (Å²) < 4.78 is 13.1. The van der Waals surface area contributed by atoms with Crippen LogP contribution in [0.2, 0.25) is 0 Å². The maximum absolute atomic E-state index is 13.1. The molecular formula is C25H35FN4O2S. The molecule has 1 aromatic carbocycles. The van der Waals surface area contributed by atoms with Gasteiger partial charge in [0.15, 0.2) is 5.17 Å². The van der Waals surface area contributed by atoms with Gasteiger partial charge in [0, 0.05) is 37.7 Å². The van der Waals surface area contributed by atoms with Crippen LogP contribution in [0, 0.1) is 11.7 Å². The number of thioether (sulfide) groups is 1. The summed E-state index contributed by atoms with van der Waals surface area (Å²) in [6.07, 6.45) is 11.6. The monoisotopic (exact) mass is 474 g/mol. The van der Waals surface area contributed by atoms with Crippen LogP contribution in [0.3, 0.4) is 0 Å². The lowest BCUT2D eigenvalue weighted by Gasteiger charge is -2.21. The SMILES string of the molecule is CC(C)CN(C)/C(=N\N=C\CCCONCC1=CCC=CC=C1O)SCc1ccc(F)cc1. The normalized spacial score (nSPS) is 14.5. The summed E-state index contributed by atoms with van der Waals surface area (Å²) in [5, 5.41) is 19.4. The summed E-state index contributed by atoms with van der Waals surface area (Å²) in [7, 11) is 2.01. The van der Waals surface area contributed by atoms with Crippen LogP contribution in [0.15, 0.2) is 70.1 Å². The van der Waals surface area contributed by atoms with Crippen LogP contribution in [0.25, 0.3) is 0 Å². The Bertz CT molecular complexity index is 864. The number of aliphatic hydroxyl groups excluding tert-OH is 1. The molecule has 1 aliphatic rings. The number of hydrogen-bond donors (Lipinski definition) is 2. The van der Waals surface area contributed by atoms with E-state index in [4.69, 9.17) is 4.84 Å². The highest BCUT2D eigenvalue weighted by atomic mass is 32.2. The summed E-state index contributed by atoms with van der Waals surface area (Å²) >= 11 is 1.59. The molecule has 0 radical (unpaired) electrons. The quantitative estimate of drug-likeness (QED) is 0.178. The first-order chi connectivity index (χ1) is 16.0. The zero-order valence-corrected chi connectivity index (χ0v) is 20.5. The van der Waals surface area contributed by atoms with Gasteiger partial charge >= 0.3 is 0 Å². The molecule has 2 N–H and O–H groups in total. The number of rotatable bonds is 12. The first-order valence-corrected chi connectivity index (χ1v) is 12.2. The van der Waals surface area contributed by atoms with Gasteiger partial charge in [-0.2, -0.15) is 10.6 Å². The molecule has 0 aliphatic heterocycles. The smallest absolute Gasteiger partial charge is 0.185 e. The van der Waals surface area contributed by atoms with Gasteiger partial charge in [-0.15, -0.1) is 5.10 Å². The van der Waals surface area contributed by atoms with Crippen LogP contribution in [-0.4, -0.2) is 48.1 Å². The molecular weight excluding hydrogens is 439 g/mol. The molecule has 0 fully saturated rings. The average molecular weight is 475 g/mol. The Morgan fingerprint density at radius 1 is 1.33 bits per heavy atom. The third kappa shape index (κ3) is 11.3. The number of nitrogens with one attached hydrogen (secondary N) is 1. The molecule has 0 bridgehead atoms. The number of unbranched alkanes of at least 4 members (excludes halogenated alkanes) is 1. The Morgan fingerprint density at radius 2 is 2.12 bits per heavy atom. The third-order valence-electron chi connectivity index (χ3n) is 4.64. The molecule has 0 atom stereocenters. The second-order valence-corrected chi connectivity index (χ2v) is 9.07. The van der Waals surface area contributed by atoms with E-state index < -0.39 is 0 Å². The van der Waals surface area contributed by atoms with Crippen LogP contribution in [0.5, 0.6) is 0 Å². The number of allylic oxidation sites excluding steroid dienone is 4. The number of nitrogens with zero attached hydrogens (tertiary/aromatic N) is 3. The maximum atomic E-state index is 13.1. The van der Waals surface area contributed by atoms with Gasteiger partial charge in [-0.1, -0.05) is 56.0 Å². The molecule has 33 heavy (non-hydrogen) atoms. The summed E-state index contributed by atoms with van der Waals surface area (Å²) in [5.41, 5.74) is 4.76. The number of hydrogen-bond acceptors (Lipinski definition) is 6. The number of amidine groups is 1. The molecule has 0 saturated carbocycles. The highest BCUT2D eigenvalue weighted by molar-refractivity contribution is 8.13. The van der Waals surface area contributed by atoms with Crippen molar-refractivity contribution in [3.8, 4) is 0 Å². The number of halogens is 1. The van der Waals surface area contributed by atoms with E-state index in [9.17, 15) is 9.50 Å². The standard InChI is InChI=1S/C25H35FN4O2S/c1-20(2)18-30(3)25(33-19-21-11-13-23(26)14-12-21)29-27-15-7-8-16-32-28-17-22-9-5-4-6-10-24(22)31/h4,6,9-15,20,28,31H,5,7-8,16-19H2,1-3H3/b27-15+,29-25+. The average Bonchev–Trinajstić information content (AvgIpc) is 2.99. The van der Waals surface area contributed by atoms with Crippen LogP contribution in [0.1, 0.15) is 38.7 Å². The second-order valence-electron chi connectivity index (χ2n) is 8.13. The number of aliphatic hydroxyl groups is 1. The van der Waals surface area contributed by atoms with E-state index in [1.54, 1.807) is 36.2 Å². The molecule has 8 heteroatoms. The van der Waals surface area contributed by atoms with Gasteiger partial charge in [0.1, 0.15) is 11.6 Å². The van der Waals surface area contributed by atoms with E-state index >= 15 is 0 Å². The van der Waals surface area contributed by atoms with E-state index in [1.807, 2.05) is 25.3 Å². The van der Waals surface area contributed by atoms with Crippen molar-refractivity contribution in [1.82, 2.24) is 10.4 Å². The van der Waals surface area contributed by atoms with E-state index in [0.717, 1.165) is 42.1 Å². The Labute approximate surface area is 201 Å². The van der Waals surface area contributed by atoms with Gasteiger partial charge < -0.3 is 14.8 Å². The molecule has 0 aromatic heterocycles. The summed E-state index contributed by atoms with van der Waals surface area (Å²) in [6, 6.07) is 6.54. The lowest BCUT2D eigenvalue weighted by Crippen LogP contribution is -2.28. The van der Waals surface area contributed by atoms with Crippen molar-refractivity contribution >= 4 is 23.1 Å². The Hall–Kier alpha value is -2.42. The van der Waals surface area contributed by atoms with Crippen molar-refractivity contribution < 1.29 is 14.3 Å². The molecule has 2 rings (SSSR count). The van der Waals surface area contributed by atoms with E-state index in [0.29, 0.717) is 24.8 Å². The fourth-order valence-corrected chi connectivity index (χ4v) is 3.88. The first-order valence-electron chi connectivity index (χ1n) is 11.2. The van der Waals surface area contributed by atoms with Crippen LogP contribution < -0.4 is 5.48 Å².